The van der Waals surface area contributed by atoms with Gasteiger partial charge in [0.2, 0.25) is 0 Å². The molecule has 6 rings (SSSR count). The van der Waals surface area contributed by atoms with Gasteiger partial charge in [-0.05, 0) is 36.4 Å². The van der Waals surface area contributed by atoms with Crippen LogP contribution in [0.4, 0.5) is 11.4 Å². The summed E-state index contributed by atoms with van der Waals surface area (Å²) in [6.07, 6.45) is 1.65. The van der Waals surface area contributed by atoms with Crippen molar-refractivity contribution in [2.24, 2.45) is 4.99 Å². The van der Waals surface area contributed by atoms with Crippen molar-refractivity contribution in [3.63, 3.8) is 0 Å². The van der Waals surface area contributed by atoms with E-state index in [9.17, 15) is 14.9 Å². The quantitative estimate of drug-likeness (QED) is 0.138. The molecule has 0 spiro atoms. The fourth-order valence-corrected chi connectivity index (χ4v) is 4.93. The molecular weight excluding hydrogens is 452 g/mol. The molecule has 0 atom stereocenters. The second-order valence-corrected chi connectivity index (χ2v) is 8.56. The van der Waals surface area contributed by atoms with Crippen LogP contribution in [-0.4, -0.2) is 20.5 Å². The third-order valence-electron chi connectivity index (χ3n) is 5.48. The van der Waals surface area contributed by atoms with Gasteiger partial charge in [-0.25, -0.2) is 9.78 Å². The van der Waals surface area contributed by atoms with E-state index in [1.807, 2.05) is 52.9 Å². The smallest absolute Gasteiger partial charge is 0.345 e. The highest BCUT2D eigenvalue weighted by Gasteiger charge is 2.21. The van der Waals surface area contributed by atoms with Crippen molar-refractivity contribution in [2.45, 2.75) is 0 Å². The Bertz CT molecular complexity index is 1810. The van der Waals surface area contributed by atoms with E-state index in [0.717, 1.165) is 16.4 Å². The molecule has 0 bridgehead atoms. The van der Waals surface area contributed by atoms with E-state index < -0.39 is 10.5 Å². The molecule has 34 heavy (non-hydrogen) atoms. The lowest BCUT2D eigenvalue weighted by Gasteiger charge is -2.04. The molecule has 0 aliphatic carbocycles. The lowest BCUT2D eigenvalue weighted by atomic mass is 10.1. The molecule has 3 aromatic carbocycles. The van der Waals surface area contributed by atoms with Gasteiger partial charge in [-0.2, -0.15) is 0 Å². The number of nitro groups is 1. The topological polar surface area (TPSA) is 103 Å². The Kier molecular flexibility index (Phi) is 4.56. The fourth-order valence-electron chi connectivity index (χ4n) is 3.91. The third-order valence-corrected chi connectivity index (χ3v) is 6.45. The fraction of sp³-hybridized carbons (Fsp3) is 0. The first-order valence-electron chi connectivity index (χ1n) is 10.3. The van der Waals surface area contributed by atoms with Gasteiger partial charge < -0.3 is 4.42 Å². The first kappa shape index (κ1) is 20.0. The molecule has 3 heterocycles. The number of para-hydroxylation sites is 3. The zero-order chi connectivity index (χ0) is 23.2. The molecule has 0 N–H and O–H groups in total. The highest BCUT2D eigenvalue weighted by Crippen LogP contribution is 2.34. The van der Waals surface area contributed by atoms with E-state index in [-0.39, 0.29) is 5.69 Å². The number of nitro benzene ring substituents is 1. The number of aliphatic imine (C=N–C) groups is 1. The molecule has 0 aliphatic heterocycles. The Balaban J connectivity index is 1.58. The largest absolute Gasteiger partial charge is 0.422 e. The van der Waals surface area contributed by atoms with Crippen LogP contribution in [0.1, 0.15) is 4.88 Å². The van der Waals surface area contributed by atoms with Gasteiger partial charge in [0, 0.05) is 23.7 Å². The van der Waals surface area contributed by atoms with Gasteiger partial charge >= 0.3 is 5.63 Å². The van der Waals surface area contributed by atoms with Crippen LogP contribution < -0.4 is 5.63 Å². The summed E-state index contributed by atoms with van der Waals surface area (Å²) in [7, 11) is 0. The number of non-ortho nitro benzene ring substituents is 1. The summed E-state index contributed by atoms with van der Waals surface area (Å²) in [5.74, 6) is 0. The highest BCUT2D eigenvalue weighted by molar-refractivity contribution is 7.19. The molecule has 0 saturated carbocycles. The molecular formula is C25H14N4O4S. The van der Waals surface area contributed by atoms with Gasteiger partial charge in [0.05, 0.1) is 37.8 Å². The lowest BCUT2D eigenvalue weighted by Crippen LogP contribution is -2.05. The number of aromatic nitrogens is 2. The van der Waals surface area contributed by atoms with Gasteiger partial charge in [-0.1, -0.05) is 41.7 Å². The molecule has 8 nitrogen and oxygen atoms in total. The number of nitrogens with zero attached hydrogens (tertiary/aromatic N) is 4. The molecule has 0 fully saturated rings. The van der Waals surface area contributed by atoms with Gasteiger partial charge in [0.25, 0.3) is 5.69 Å². The Morgan fingerprint density at radius 1 is 1.03 bits per heavy atom. The maximum Gasteiger partial charge on any atom is 0.345 e. The Hall–Kier alpha value is -4.63. The number of rotatable bonds is 4. The lowest BCUT2D eigenvalue weighted by molar-refractivity contribution is -0.384. The molecule has 0 aliphatic rings. The number of hydrogen-bond acceptors (Lipinski definition) is 7. The maximum absolute atomic E-state index is 13.1. The first-order valence-corrected chi connectivity index (χ1v) is 11.1. The number of imidazole rings is 1. The van der Waals surface area contributed by atoms with Crippen LogP contribution in [-0.2, 0) is 0 Å². The molecule has 6 aromatic rings. The van der Waals surface area contributed by atoms with Crippen LogP contribution in [0.2, 0.25) is 0 Å². The second-order valence-electron chi connectivity index (χ2n) is 7.55. The van der Waals surface area contributed by atoms with Crippen LogP contribution in [0.15, 0.2) is 93.1 Å². The van der Waals surface area contributed by atoms with Gasteiger partial charge in [0.1, 0.15) is 5.58 Å². The number of fused-ring (bicyclic) bond motifs is 4. The van der Waals surface area contributed by atoms with Crippen molar-refractivity contribution in [1.82, 2.24) is 9.38 Å². The zero-order valence-corrected chi connectivity index (χ0v) is 18.2. The Morgan fingerprint density at radius 3 is 2.62 bits per heavy atom. The SMILES string of the molecule is O=c1oc2ccccc2cc1-c1c(C=Nc2ccc([N+](=O)[O-])cc2)sc2nc3ccccc3n12. The summed E-state index contributed by atoms with van der Waals surface area (Å²) in [6.45, 7) is 0. The van der Waals surface area contributed by atoms with Crippen molar-refractivity contribution in [3.8, 4) is 11.3 Å². The van der Waals surface area contributed by atoms with Crippen LogP contribution in [0, 0.1) is 10.1 Å². The van der Waals surface area contributed by atoms with Gasteiger partial charge in [-0.3, -0.25) is 19.5 Å². The number of benzene rings is 3. The van der Waals surface area contributed by atoms with E-state index >= 15 is 0 Å². The average Bonchev–Trinajstić information content (AvgIpc) is 3.38. The van der Waals surface area contributed by atoms with Crippen molar-refractivity contribution in [2.75, 3.05) is 0 Å². The monoisotopic (exact) mass is 466 g/mol. The number of thiazole rings is 1. The summed E-state index contributed by atoms with van der Waals surface area (Å²) in [6, 6.07) is 22.8. The molecule has 0 radical (unpaired) electrons. The van der Waals surface area contributed by atoms with E-state index in [1.54, 1.807) is 24.4 Å². The molecule has 0 unspecified atom stereocenters. The van der Waals surface area contributed by atoms with Gasteiger partial charge in [-0.15, -0.1) is 0 Å². The van der Waals surface area contributed by atoms with E-state index in [4.69, 9.17) is 9.40 Å². The van der Waals surface area contributed by atoms with Crippen LogP contribution in [0.5, 0.6) is 0 Å². The maximum atomic E-state index is 13.1. The summed E-state index contributed by atoms with van der Waals surface area (Å²) in [5, 5.41) is 11.7. The van der Waals surface area contributed by atoms with Crippen LogP contribution >= 0.6 is 11.3 Å². The summed E-state index contributed by atoms with van der Waals surface area (Å²) in [4.78, 5) is 34.2. The normalized spacial score (nSPS) is 11.8. The summed E-state index contributed by atoms with van der Waals surface area (Å²) < 4.78 is 7.56. The number of hydrogen-bond donors (Lipinski definition) is 0. The first-order chi connectivity index (χ1) is 16.6. The third kappa shape index (κ3) is 3.26. The van der Waals surface area contributed by atoms with Gasteiger partial charge in [0.15, 0.2) is 4.96 Å². The van der Waals surface area contributed by atoms with Crippen molar-refractivity contribution in [3.05, 3.63) is 104 Å². The minimum Gasteiger partial charge on any atom is -0.422 e. The predicted octanol–water partition coefficient (Wildman–Crippen LogP) is 5.98. The molecule has 0 saturated heterocycles. The summed E-state index contributed by atoms with van der Waals surface area (Å²) >= 11 is 1.40. The minimum atomic E-state index is -0.457. The predicted molar refractivity (Wildman–Crippen MR) is 132 cm³/mol. The van der Waals surface area contributed by atoms with Crippen molar-refractivity contribution in [1.29, 1.82) is 0 Å². The van der Waals surface area contributed by atoms with E-state index in [2.05, 4.69) is 4.99 Å². The molecule has 0 amide bonds. The van der Waals surface area contributed by atoms with Crippen LogP contribution in [0.3, 0.4) is 0 Å². The van der Waals surface area contributed by atoms with E-state index in [1.165, 1.54) is 23.5 Å². The second kappa shape index (κ2) is 7.75. The van der Waals surface area contributed by atoms with Crippen molar-refractivity contribution >= 4 is 55.9 Å². The Labute approximate surface area is 195 Å². The average molecular weight is 466 g/mol. The van der Waals surface area contributed by atoms with E-state index in [0.29, 0.717) is 32.4 Å². The van der Waals surface area contributed by atoms with Crippen LogP contribution in [0.25, 0.3) is 38.2 Å². The molecule has 164 valence electrons. The summed E-state index contributed by atoms with van der Waals surface area (Å²) in [5.41, 5.74) is 3.33. The zero-order valence-electron chi connectivity index (χ0n) is 17.4. The molecule has 3 aromatic heterocycles. The standard InChI is InChI=1S/C25H14N4O4S/c30-24-18(13-15-5-1-4-8-21(15)33-24)23-22(14-26-16-9-11-17(12-10-16)29(31)32)34-25-27-19-6-2-3-7-20(19)28(23)25/h1-14H. The van der Waals surface area contributed by atoms with Crippen molar-refractivity contribution < 1.29 is 9.34 Å². The minimum absolute atomic E-state index is 0.00512. The Morgan fingerprint density at radius 2 is 1.79 bits per heavy atom. The molecule has 9 heteroatoms. The highest BCUT2D eigenvalue weighted by atomic mass is 32.1.